The van der Waals surface area contributed by atoms with Crippen LogP contribution in [0.3, 0.4) is 0 Å². The zero-order valence-corrected chi connectivity index (χ0v) is 18.2. The van der Waals surface area contributed by atoms with Gasteiger partial charge in [-0.25, -0.2) is 0 Å². The molecule has 0 atom stereocenters. The van der Waals surface area contributed by atoms with Gasteiger partial charge in [0, 0.05) is 58.0 Å². The first-order valence-corrected chi connectivity index (χ1v) is 11.1. The molecule has 30 heavy (non-hydrogen) atoms. The SMILES string of the molecule is CN1CCN(CCN(CCN2CCCCC2)C(=O)c2cc(N)ccc2NC=O)CC1. The van der Waals surface area contributed by atoms with Crippen molar-refractivity contribution in [1.82, 2.24) is 19.6 Å². The molecule has 3 N–H and O–H groups in total. The van der Waals surface area contributed by atoms with E-state index in [1.807, 2.05) is 4.90 Å². The predicted molar refractivity (Wildman–Crippen MR) is 121 cm³/mol. The number of carbonyl (C=O) groups is 2. The van der Waals surface area contributed by atoms with E-state index >= 15 is 0 Å². The third-order valence-corrected chi connectivity index (χ3v) is 6.19. The minimum Gasteiger partial charge on any atom is -0.399 e. The van der Waals surface area contributed by atoms with Crippen LogP contribution in [0, 0.1) is 0 Å². The first-order valence-electron chi connectivity index (χ1n) is 11.1. The number of likely N-dealkylation sites (N-methyl/N-ethyl adjacent to an activating group) is 1. The molecule has 0 unspecified atom stereocenters. The third-order valence-electron chi connectivity index (χ3n) is 6.19. The van der Waals surface area contributed by atoms with Gasteiger partial charge in [-0.15, -0.1) is 0 Å². The molecular weight excluding hydrogens is 380 g/mol. The summed E-state index contributed by atoms with van der Waals surface area (Å²) in [5, 5.41) is 2.64. The monoisotopic (exact) mass is 416 g/mol. The van der Waals surface area contributed by atoms with E-state index in [1.165, 1.54) is 19.3 Å². The normalized spacial score (nSPS) is 18.8. The van der Waals surface area contributed by atoms with Crippen LogP contribution in [-0.4, -0.2) is 104 Å². The third kappa shape index (κ3) is 6.42. The number of likely N-dealkylation sites (tertiary alicyclic amines) is 1. The van der Waals surface area contributed by atoms with Crippen LogP contribution in [0.4, 0.5) is 11.4 Å². The van der Waals surface area contributed by atoms with Gasteiger partial charge in [-0.05, 0) is 51.2 Å². The molecule has 2 fully saturated rings. The van der Waals surface area contributed by atoms with Crippen LogP contribution >= 0.6 is 0 Å². The second-order valence-corrected chi connectivity index (χ2v) is 8.41. The molecule has 0 aliphatic carbocycles. The second-order valence-electron chi connectivity index (χ2n) is 8.41. The highest BCUT2D eigenvalue weighted by Gasteiger charge is 2.22. The smallest absolute Gasteiger partial charge is 0.256 e. The molecule has 1 aromatic carbocycles. The maximum Gasteiger partial charge on any atom is 0.256 e. The minimum atomic E-state index is -0.0715. The van der Waals surface area contributed by atoms with Gasteiger partial charge < -0.3 is 25.8 Å². The molecule has 8 heteroatoms. The quantitative estimate of drug-likeness (QED) is 0.462. The van der Waals surface area contributed by atoms with E-state index in [1.54, 1.807) is 18.2 Å². The highest BCUT2D eigenvalue weighted by Crippen LogP contribution is 2.21. The van der Waals surface area contributed by atoms with Crippen molar-refractivity contribution in [2.45, 2.75) is 19.3 Å². The number of nitrogens with one attached hydrogen (secondary N) is 1. The number of nitrogens with two attached hydrogens (primary N) is 1. The Morgan fingerprint density at radius 3 is 2.30 bits per heavy atom. The van der Waals surface area contributed by atoms with E-state index in [2.05, 4.69) is 27.1 Å². The van der Waals surface area contributed by atoms with Crippen LogP contribution in [0.5, 0.6) is 0 Å². The fraction of sp³-hybridized carbons (Fsp3) is 0.636. The molecule has 0 bridgehead atoms. The number of piperazine rings is 1. The Morgan fingerprint density at radius 1 is 1.03 bits per heavy atom. The Morgan fingerprint density at radius 2 is 1.67 bits per heavy atom. The zero-order chi connectivity index (χ0) is 21.3. The van der Waals surface area contributed by atoms with Gasteiger partial charge in [-0.3, -0.25) is 14.5 Å². The van der Waals surface area contributed by atoms with Crippen LogP contribution in [0.2, 0.25) is 0 Å². The predicted octanol–water partition coefficient (Wildman–Crippen LogP) is 1.01. The van der Waals surface area contributed by atoms with Crippen molar-refractivity contribution in [1.29, 1.82) is 0 Å². The van der Waals surface area contributed by atoms with Gasteiger partial charge in [0.25, 0.3) is 5.91 Å². The van der Waals surface area contributed by atoms with Crippen LogP contribution in [0.25, 0.3) is 0 Å². The fourth-order valence-corrected chi connectivity index (χ4v) is 4.19. The number of piperidine rings is 1. The van der Waals surface area contributed by atoms with E-state index < -0.39 is 0 Å². The lowest BCUT2D eigenvalue weighted by Gasteiger charge is -2.35. The molecule has 2 aliphatic rings. The molecule has 0 spiro atoms. The number of benzene rings is 1. The number of rotatable bonds is 9. The van der Waals surface area contributed by atoms with Crippen molar-refractivity contribution in [2.24, 2.45) is 0 Å². The van der Waals surface area contributed by atoms with Gasteiger partial charge in [0.15, 0.2) is 0 Å². The molecule has 2 amide bonds. The number of carbonyl (C=O) groups excluding carboxylic acids is 2. The average molecular weight is 417 g/mol. The van der Waals surface area contributed by atoms with Gasteiger partial charge in [0.2, 0.25) is 6.41 Å². The van der Waals surface area contributed by atoms with Crippen LogP contribution in [0.1, 0.15) is 29.6 Å². The Kier molecular flexibility index (Phi) is 8.48. The molecule has 1 aromatic rings. The Labute approximate surface area is 180 Å². The zero-order valence-electron chi connectivity index (χ0n) is 18.2. The number of nitrogens with zero attached hydrogens (tertiary/aromatic N) is 4. The molecule has 2 aliphatic heterocycles. The summed E-state index contributed by atoms with van der Waals surface area (Å²) in [6.45, 7) is 9.49. The first kappa shape index (κ1) is 22.5. The van der Waals surface area contributed by atoms with Gasteiger partial charge in [0.1, 0.15) is 0 Å². The summed E-state index contributed by atoms with van der Waals surface area (Å²) in [6, 6.07) is 5.06. The number of amides is 2. The van der Waals surface area contributed by atoms with E-state index in [0.29, 0.717) is 36.4 Å². The van der Waals surface area contributed by atoms with Crippen molar-refractivity contribution >= 4 is 23.7 Å². The summed E-state index contributed by atoms with van der Waals surface area (Å²) in [5.41, 5.74) is 7.43. The summed E-state index contributed by atoms with van der Waals surface area (Å²) in [6.07, 6.45) is 4.37. The lowest BCUT2D eigenvalue weighted by Crippen LogP contribution is -2.48. The van der Waals surface area contributed by atoms with E-state index in [9.17, 15) is 9.59 Å². The van der Waals surface area contributed by atoms with Crippen molar-refractivity contribution in [3.05, 3.63) is 23.8 Å². The van der Waals surface area contributed by atoms with Crippen LogP contribution < -0.4 is 11.1 Å². The molecule has 0 aromatic heterocycles. The maximum atomic E-state index is 13.5. The number of hydrogen-bond acceptors (Lipinski definition) is 6. The molecule has 166 valence electrons. The Hall–Kier alpha value is -2.16. The van der Waals surface area contributed by atoms with Crippen molar-refractivity contribution in [3.63, 3.8) is 0 Å². The van der Waals surface area contributed by atoms with Crippen LogP contribution in [-0.2, 0) is 4.79 Å². The Bertz CT molecular complexity index is 699. The van der Waals surface area contributed by atoms with Gasteiger partial charge in [-0.1, -0.05) is 6.42 Å². The Balaban J connectivity index is 1.69. The molecule has 0 saturated carbocycles. The van der Waals surface area contributed by atoms with Gasteiger partial charge in [0.05, 0.1) is 11.3 Å². The standard InChI is InChI=1S/C22H36N6O2/c1-25-9-11-27(12-10-25)14-16-28(15-13-26-7-3-2-4-8-26)22(30)20-17-19(23)5-6-21(20)24-18-29/h5-6,17-18H,2-4,7-16,23H2,1H3,(H,24,29). The average Bonchev–Trinajstić information content (AvgIpc) is 2.76. The molecule has 2 saturated heterocycles. The van der Waals surface area contributed by atoms with E-state index in [-0.39, 0.29) is 5.91 Å². The highest BCUT2D eigenvalue weighted by molar-refractivity contribution is 6.02. The number of nitrogen functional groups attached to an aromatic ring is 1. The van der Waals surface area contributed by atoms with Gasteiger partial charge >= 0.3 is 0 Å². The molecule has 2 heterocycles. The van der Waals surface area contributed by atoms with Crippen molar-refractivity contribution in [3.8, 4) is 0 Å². The first-order chi connectivity index (χ1) is 14.6. The highest BCUT2D eigenvalue weighted by atomic mass is 16.2. The number of hydrogen-bond donors (Lipinski definition) is 2. The molecule has 8 nitrogen and oxygen atoms in total. The van der Waals surface area contributed by atoms with Crippen molar-refractivity contribution < 1.29 is 9.59 Å². The largest absolute Gasteiger partial charge is 0.399 e. The van der Waals surface area contributed by atoms with Gasteiger partial charge in [-0.2, -0.15) is 0 Å². The summed E-state index contributed by atoms with van der Waals surface area (Å²) < 4.78 is 0. The second kappa shape index (κ2) is 11.3. The molecular formula is C22H36N6O2. The fourth-order valence-electron chi connectivity index (χ4n) is 4.19. The molecule has 0 radical (unpaired) electrons. The summed E-state index contributed by atoms with van der Waals surface area (Å²) in [5.74, 6) is -0.0715. The van der Waals surface area contributed by atoms with E-state index in [4.69, 9.17) is 5.73 Å². The maximum absolute atomic E-state index is 13.5. The van der Waals surface area contributed by atoms with Crippen molar-refractivity contribution in [2.75, 3.05) is 83.5 Å². The van der Waals surface area contributed by atoms with E-state index in [0.717, 1.165) is 52.4 Å². The summed E-state index contributed by atoms with van der Waals surface area (Å²) in [4.78, 5) is 33.6. The number of anilines is 2. The van der Waals surface area contributed by atoms with Crippen LogP contribution in [0.15, 0.2) is 18.2 Å². The molecule has 3 rings (SSSR count). The topological polar surface area (TPSA) is 85.2 Å². The summed E-state index contributed by atoms with van der Waals surface area (Å²) in [7, 11) is 2.15. The lowest BCUT2D eigenvalue weighted by atomic mass is 10.1. The minimum absolute atomic E-state index is 0.0715. The summed E-state index contributed by atoms with van der Waals surface area (Å²) >= 11 is 0. The lowest BCUT2D eigenvalue weighted by molar-refractivity contribution is -0.105.